The number of aromatic nitrogens is 4. The first-order chi connectivity index (χ1) is 8.45. The van der Waals surface area contributed by atoms with Crippen LogP contribution >= 0.6 is 0 Å². The third-order valence-electron chi connectivity index (χ3n) is 2.95. The molecule has 5 heteroatoms. The molecule has 0 bridgehead atoms. The van der Waals surface area contributed by atoms with E-state index in [-0.39, 0.29) is 20.1 Å². The van der Waals surface area contributed by atoms with E-state index in [1.807, 2.05) is 24.3 Å². The Morgan fingerprint density at radius 3 is 2.22 bits per heavy atom. The van der Waals surface area contributed by atoms with Crippen molar-refractivity contribution in [1.29, 1.82) is 0 Å². The van der Waals surface area contributed by atoms with Gasteiger partial charge in [-0.15, -0.1) is 0 Å². The van der Waals surface area contributed by atoms with Crippen LogP contribution in [0.5, 0.6) is 0 Å². The number of hydrogen-bond donors (Lipinski definition) is 0. The molecule has 0 amide bonds. The third-order valence-corrected chi connectivity index (χ3v) is 2.95. The van der Waals surface area contributed by atoms with Crippen LogP contribution in [0.2, 0.25) is 0 Å². The summed E-state index contributed by atoms with van der Waals surface area (Å²) < 4.78 is 0. The molecule has 4 nitrogen and oxygen atoms in total. The number of imidazole rings is 1. The van der Waals surface area contributed by atoms with Gasteiger partial charge in [0.05, 0.1) is 11.0 Å². The van der Waals surface area contributed by atoms with E-state index in [0.717, 1.165) is 32.8 Å². The Bertz CT molecular complexity index is 783. The molecule has 0 spiro atoms. The average molecular weight is 411 g/mol. The van der Waals surface area contributed by atoms with E-state index < -0.39 is 0 Å². The molecule has 0 unspecified atom stereocenters. The Hall–Kier alpha value is -1.84. The van der Waals surface area contributed by atoms with Crippen molar-refractivity contribution in [2.75, 3.05) is 0 Å². The second-order valence-corrected chi connectivity index (χ2v) is 3.87. The molecule has 0 fully saturated rings. The molecule has 4 rings (SSSR count). The fourth-order valence-corrected chi connectivity index (χ4v) is 2.24. The molecule has 0 aliphatic carbocycles. The average Bonchev–Trinajstić information content (AvgIpc) is 2.89. The van der Waals surface area contributed by atoms with Gasteiger partial charge in [0.25, 0.3) is 0 Å². The Morgan fingerprint density at radius 2 is 1.44 bits per heavy atom. The summed E-state index contributed by atoms with van der Waals surface area (Å²) in [5, 5.41) is 2.15. The summed E-state index contributed by atoms with van der Waals surface area (Å²) in [5.74, 6) is 0. The number of nitrogens with zero attached hydrogens (tertiary/aromatic N) is 4. The quantitative estimate of drug-likeness (QED) is 0.417. The van der Waals surface area contributed by atoms with E-state index in [4.69, 9.17) is 0 Å². The molecule has 3 heterocycles. The van der Waals surface area contributed by atoms with E-state index in [9.17, 15) is 0 Å². The first kappa shape index (κ1) is 11.3. The minimum Gasteiger partial charge on any atom is -0.441 e. The predicted molar refractivity (Wildman–Crippen MR) is 65.7 cm³/mol. The summed E-state index contributed by atoms with van der Waals surface area (Å²) in [6, 6.07) is 7.94. The SMILES string of the molecule is [Ir].c1cnc2c(c1)c1cccnc1c1[n-]cnc21. The number of rotatable bonds is 0. The molecule has 0 saturated carbocycles. The van der Waals surface area contributed by atoms with Gasteiger partial charge in [-0.2, -0.15) is 0 Å². The van der Waals surface area contributed by atoms with Crippen LogP contribution in [-0.4, -0.2) is 15.0 Å². The zero-order valence-corrected chi connectivity index (χ0v) is 11.6. The largest absolute Gasteiger partial charge is 0.441 e. The number of fused-ring (bicyclic) bond motifs is 6. The molecule has 0 aliphatic rings. The minimum atomic E-state index is 0. The van der Waals surface area contributed by atoms with Crippen molar-refractivity contribution in [2.24, 2.45) is 0 Å². The Labute approximate surface area is 116 Å². The Kier molecular flexibility index (Phi) is 2.58. The van der Waals surface area contributed by atoms with Crippen molar-refractivity contribution in [3.63, 3.8) is 0 Å². The summed E-state index contributed by atoms with van der Waals surface area (Å²) in [6.07, 6.45) is 5.12. The van der Waals surface area contributed by atoms with E-state index in [2.05, 4.69) is 19.9 Å². The molecule has 0 saturated heterocycles. The molecule has 4 aromatic rings. The zero-order valence-electron chi connectivity index (χ0n) is 9.16. The number of hydrogen-bond acceptors (Lipinski definition) is 3. The molecule has 1 aromatic carbocycles. The van der Waals surface area contributed by atoms with Gasteiger partial charge in [0.2, 0.25) is 0 Å². The second kappa shape index (κ2) is 4.12. The first-order valence-electron chi connectivity index (χ1n) is 5.34. The van der Waals surface area contributed by atoms with Gasteiger partial charge in [0.1, 0.15) is 0 Å². The van der Waals surface area contributed by atoms with Crippen molar-refractivity contribution in [2.45, 2.75) is 0 Å². The fraction of sp³-hybridized carbons (Fsp3) is 0. The van der Waals surface area contributed by atoms with Gasteiger partial charge in [-0.3, -0.25) is 9.97 Å². The van der Waals surface area contributed by atoms with Crippen LogP contribution in [0.15, 0.2) is 43.0 Å². The normalized spacial score (nSPS) is 10.9. The molecule has 1 radical (unpaired) electrons. The first-order valence-corrected chi connectivity index (χ1v) is 5.34. The maximum absolute atomic E-state index is 4.40. The van der Waals surface area contributed by atoms with E-state index in [1.54, 1.807) is 18.7 Å². The van der Waals surface area contributed by atoms with Gasteiger partial charge in [-0.05, 0) is 23.2 Å². The summed E-state index contributed by atoms with van der Waals surface area (Å²) in [5.41, 5.74) is 3.43. The molecular formula is C13H7IrN4-. The maximum atomic E-state index is 4.40. The van der Waals surface area contributed by atoms with Crippen molar-refractivity contribution >= 4 is 32.8 Å². The van der Waals surface area contributed by atoms with Crippen molar-refractivity contribution in [3.8, 4) is 0 Å². The van der Waals surface area contributed by atoms with E-state index in [0.29, 0.717) is 0 Å². The van der Waals surface area contributed by atoms with Crippen molar-refractivity contribution in [1.82, 2.24) is 19.9 Å². The second-order valence-electron chi connectivity index (χ2n) is 3.87. The van der Waals surface area contributed by atoms with Crippen LogP contribution in [0.3, 0.4) is 0 Å². The van der Waals surface area contributed by atoms with Crippen LogP contribution < -0.4 is 4.98 Å². The van der Waals surface area contributed by atoms with Crippen LogP contribution in [-0.2, 0) is 20.1 Å². The van der Waals surface area contributed by atoms with Gasteiger partial charge in [-0.1, -0.05) is 18.5 Å². The third kappa shape index (κ3) is 1.38. The van der Waals surface area contributed by atoms with Crippen LogP contribution in [0, 0.1) is 0 Å². The molecule has 0 N–H and O–H groups in total. The number of benzene rings is 1. The molecule has 89 valence electrons. The fourth-order valence-electron chi connectivity index (χ4n) is 2.24. The van der Waals surface area contributed by atoms with E-state index in [1.165, 1.54) is 0 Å². The monoisotopic (exact) mass is 412 g/mol. The standard InChI is InChI=1S/C13H7N4.Ir/c1-3-8-9-4-2-6-15-11(9)13-12(16-7-17-13)10(8)14-5-1;/h1-7H;/q-1;. The minimum absolute atomic E-state index is 0. The van der Waals surface area contributed by atoms with Crippen LogP contribution in [0.1, 0.15) is 0 Å². The van der Waals surface area contributed by atoms with Crippen LogP contribution in [0.4, 0.5) is 0 Å². The van der Waals surface area contributed by atoms with Gasteiger partial charge in [0, 0.05) is 43.3 Å². The Morgan fingerprint density at radius 1 is 0.778 bits per heavy atom. The summed E-state index contributed by atoms with van der Waals surface area (Å²) >= 11 is 0. The molecular weight excluding hydrogens is 404 g/mol. The number of pyridine rings is 2. The van der Waals surface area contributed by atoms with Gasteiger partial charge >= 0.3 is 0 Å². The predicted octanol–water partition coefficient (Wildman–Crippen LogP) is 2.29. The van der Waals surface area contributed by atoms with Gasteiger partial charge in [-0.25, -0.2) is 0 Å². The maximum Gasteiger partial charge on any atom is 0.0743 e. The molecule has 0 aliphatic heterocycles. The molecule has 18 heavy (non-hydrogen) atoms. The summed E-state index contributed by atoms with van der Waals surface area (Å²) in [6.45, 7) is 0. The van der Waals surface area contributed by atoms with Crippen molar-refractivity contribution in [3.05, 3.63) is 43.0 Å². The molecule has 3 aromatic heterocycles. The van der Waals surface area contributed by atoms with E-state index >= 15 is 0 Å². The topological polar surface area (TPSA) is 52.8 Å². The Balaban J connectivity index is 0.000001000. The zero-order chi connectivity index (χ0) is 11.2. The van der Waals surface area contributed by atoms with Crippen molar-refractivity contribution < 1.29 is 20.1 Å². The van der Waals surface area contributed by atoms with Gasteiger partial charge in [0.15, 0.2) is 0 Å². The smallest absolute Gasteiger partial charge is 0.0743 e. The summed E-state index contributed by atoms with van der Waals surface area (Å²) in [4.78, 5) is 17.4. The van der Waals surface area contributed by atoms with Gasteiger partial charge < -0.3 is 9.97 Å². The summed E-state index contributed by atoms with van der Waals surface area (Å²) in [7, 11) is 0. The molecule has 0 atom stereocenters. The van der Waals surface area contributed by atoms with Crippen LogP contribution in [0.25, 0.3) is 32.8 Å².